The number of ketones is 2. The SMILES string of the molecule is O=C(COC(=O)c1ccc(N2C(=O)CC(N3CCN(C4CC(=O)N(c5ccc(C(=O)OCC(=O)c6ccc(Br)cc6)cc5)C4=O)CC3)C2=O)cc1)c1ccc(Br)cc1. The Kier molecular flexibility index (Phi) is 12.2. The Bertz CT molecular complexity index is 2130. The van der Waals surface area contributed by atoms with Crippen LogP contribution >= 0.6 is 31.9 Å². The summed E-state index contributed by atoms with van der Waals surface area (Å²) in [6.45, 7) is 0.608. The maximum atomic E-state index is 13.6. The van der Waals surface area contributed by atoms with Crippen molar-refractivity contribution in [1.82, 2.24) is 9.80 Å². The molecule has 2 unspecified atom stereocenters. The summed E-state index contributed by atoms with van der Waals surface area (Å²) in [7, 11) is 0. The van der Waals surface area contributed by atoms with Crippen LogP contribution in [0.25, 0.3) is 0 Å². The second-order valence-electron chi connectivity index (χ2n) is 13.8. The van der Waals surface area contributed by atoms with Gasteiger partial charge in [0.05, 0.1) is 47.4 Å². The van der Waals surface area contributed by atoms with Crippen LogP contribution in [0.15, 0.2) is 106 Å². The molecular weight excluding hydrogens is 880 g/mol. The lowest BCUT2D eigenvalue weighted by Gasteiger charge is -2.38. The highest BCUT2D eigenvalue weighted by Crippen LogP contribution is 2.30. The molecule has 296 valence electrons. The van der Waals surface area contributed by atoms with Crippen molar-refractivity contribution in [3.8, 4) is 0 Å². The number of imide groups is 2. The van der Waals surface area contributed by atoms with Gasteiger partial charge in [-0.25, -0.2) is 19.4 Å². The smallest absolute Gasteiger partial charge is 0.338 e. The van der Waals surface area contributed by atoms with E-state index < -0.39 is 60.9 Å². The summed E-state index contributed by atoms with van der Waals surface area (Å²) in [6.07, 6.45) is -0.0824. The van der Waals surface area contributed by atoms with Crippen molar-refractivity contribution in [2.45, 2.75) is 24.9 Å². The third kappa shape index (κ3) is 8.74. The average Bonchev–Trinajstić information content (AvgIpc) is 3.71. The lowest BCUT2D eigenvalue weighted by atomic mass is 10.1. The van der Waals surface area contributed by atoms with Gasteiger partial charge < -0.3 is 9.47 Å². The molecule has 0 aliphatic carbocycles. The van der Waals surface area contributed by atoms with Crippen LogP contribution in [-0.4, -0.2) is 108 Å². The Labute approximate surface area is 348 Å². The van der Waals surface area contributed by atoms with Crippen LogP contribution in [0.2, 0.25) is 0 Å². The van der Waals surface area contributed by atoms with E-state index in [0.717, 1.165) is 18.7 Å². The van der Waals surface area contributed by atoms with E-state index in [-0.39, 0.29) is 35.5 Å². The van der Waals surface area contributed by atoms with Gasteiger partial charge in [-0.05, 0) is 72.8 Å². The summed E-state index contributed by atoms with van der Waals surface area (Å²) >= 11 is 6.61. The zero-order chi connectivity index (χ0) is 41.1. The molecule has 0 saturated carbocycles. The number of rotatable bonds is 12. The minimum Gasteiger partial charge on any atom is -0.454 e. The Morgan fingerprint density at radius 1 is 0.483 bits per heavy atom. The summed E-state index contributed by atoms with van der Waals surface area (Å²) in [5, 5.41) is 0. The number of ether oxygens (including phenoxy) is 2. The summed E-state index contributed by atoms with van der Waals surface area (Å²) in [5.74, 6) is -3.78. The van der Waals surface area contributed by atoms with Gasteiger partial charge in [0.15, 0.2) is 24.8 Å². The number of anilines is 2. The first-order valence-corrected chi connectivity index (χ1v) is 19.8. The predicted octanol–water partition coefficient (Wildman–Crippen LogP) is 4.87. The molecule has 0 spiro atoms. The van der Waals surface area contributed by atoms with Gasteiger partial charge in [0.2, 0.25) is 11.8 Å². The number of benzene rings is 4. The minimum absolute atomic E-state index is 0.0412. The van der Waals surface area contributed by atoms with Crippen LogP contribution in [0, 0.1) is 0 Å². The average molecular weight is 915 g/mol. The zero-order valence-corrected chi connectivity index (χ0v) is 33.8. The minimum atomic E-state index is -0.726. The molecule has 7 rings (SSSR count). The van der Waals surface area contributed by atoms with Crippen LogP contribution in [-0.2, 0) is 28.7 Å². The van der Waals surface area contributed by atoms with Crippen molar-refractivity contribution >= 4 is 90.4 Å². The highest BCUT2D eigenvalue weighted by atomic mass is 79.9. The summed E-state index contributed by atoms with van der Waals surface area (Å²) in [6, 6.07) is 23.5. The fourth-order valence-corrected chi connectivity index (χ4v) is 7.59. The molecular formula is C42H34Br2N4O10. The third-order valence-corrected chi connectivity index (χ3v) is 11.3. The van der Waals surface area contributed by atoms with E-state index in [1.54, 1.807) is 48.5 Å². The van der Waals surface area contributed by atoms with Gasteiger partial charge >= 0.3 is 11.9 Å². The van der Waals surface area contributed by atoms with Crippen molar-refractivity contribution in [1.29, 1.82) is 0 Å². The largest absolute Gasteiger partial charge is 0.454 e. The van der Waals surface area contributed by atoms with E-state index in [9.17, 15) is 38.4 Å². The van der Waals surface area contributed by atoms with E-state index in [2.05, 4.69) is 31.9 Å². The van der Waals surface area contributed by atoms with Crippen LogP contribution in [0.5, 0.6) is 0 Å². The lowest BCUT2D eigenvalue weighted by molar-refractivity contribution is -0.126. The van der Waals surface area contributed by atoms with Gasteiger partial charge in [-0.1, -0.05) is 56.1 Å². The number of carbonyl (C=O) groups excluding carboxylic acids is 8. The molecule has 0 aromatic heterocycles. The highest BCUT2D eigenvalue weighted by Gasteiger charge is 2.47. The first kappa shape index (κ1) is 40.5. The van der Waals surface area contributed by atoms with Crippen molar-refractivity contribution < 1.29 is 47.8 Å². The van der Waals surface area contributed by atoms with Gasteiger partial charge in [0.25, 0.3) is 11.8 Å². The van der Waals surface area contributed by atoms with E-state index in [1.807, 2.05) is 9.80 Å². The third-order valence-electron chi connectivity index (χ3n) is 10.2. The number of piperazine rings is 1. The first-order valence-electron chi connectivity index (χ1n) is 18.2. The molecule has 4 aromatic carbocycles. The molecule has 16 heteroatoms. The monoisotopic (exact) mass is 912 g/mol. The number of hydrogen-bond donors (Lipinski definition) is 0. The number of amides is 4. The fraction of sp³-hybridized carbons (Fsp3) is 0.238. The molecule has 3 saturated heterocycles. The standard InChI is InChI=1S/C42H34Br2N4O10/c43-29-9-1-25(2-10-29)35(49)23-57-41(55)27-5-13-31(14-6-27)47-37(51)21-33(39(47)53)45-17-19-46(20-18-45)34-22-38(52)48(40(34)54)32-15-7-28(8-16-32)42(56)58-24-36(50)26-3-11-30(44)12-4-26/h1-16,33-34H,17-24H2. The number of esters is 2. The van der Waals surface area contributed by atoms with Gasteiger partial charge in [-0.3, -0.25) is 38.6 Å². The molecule has 3 aliphatic heterocycles. The topological polar surface area (TPSA) is 168 Å². The molecule has 2 atom stereocenters. The molecule has 4 amide bonds. The van der Waals surface area contributed by atoms with E-state index in [4.69, 9.17) is 9.47 Å². The van der Waals surface area contributed by atoms with E-state index in [1.165, 1.54) is 48.5 Å². The highest BCUT2D eigenvalue weighted by molar-refractivity contribution is 9.10. The molecule has 58 heavy (non-hydrogen) atoms. The summed E-state index contributed by atoms with van der Waals surface area (Å²) in [5.41, 5.74) is 1.69. The Balaban J connectivity index is 0.891. The zero-order valence-electron chi connectivity index (χ0n) is 30.7. The maximum absolute atomic E-state index is 13.6. The quantitative estimate of drug-likeness (QED) is 0.108. The number of Topliss-reactive ketones (excluding diaryl/α,β-unsaturated/α-hetero) is 2. The van der Waals surface area contributed by atoms with E-state index >= 15 is 0 Å². The lowest BCUT2D eigenvalue weighted by Crippen LogP contribution is -2.56. The van der Waals surface area contributed by atoms with Crippen molar-refractivity contribution in [3.05, 3.63) is 128 Å². The van der Waals surface area contributed by atoms with Crippen molar-refractivity contribution in [3.63, 3.8) is 0 Å². The van der Waals surface area contributed by atoms with Crippen LogP contribution in [0.4, 0.5) is 11.4 Å². The Hall–Kier alpha value is -5.68. The molecule has 0 N–H and O–H groups in total. The van der Waals surface area contributed by atoms with Crippen LogP contribution in [0.3, 0.4) is 0 Å². The maximum Gasteiger partial charge on any atom is 0.338 e. The van der Waals surface area contributed by atoms with Crippen molar-refractivity contribution in [2.24, 2.45) is 0 Å². The van der Waals surface area contributed by atoms with E-state index in [0.29, 0.717) is 48.7 Å². The van der Waals surface area contributed by atoms with Crippen molar-refractivity contribution in [2.75, 3.05) is 49.2 Å². The first-order chi connectivity index (χ1) is 27.9. The Morgan fingerprint density at radius 2 is 0.793 bits per heavy atom. The second-order valence-corrected chi connectivity index (χ2v) is 15.6. The number of halogens is 2. The van der Waals surface area contributed by atoms with Gasteiger partial charge in [0.1, 0.15) is 0 Å². The molecule has 3 fully saturated rings. The molecule has 3 aliphatic rings. The number of carbonyl (C=O) groups is 8. The Morgan fingerprint density at radius 3 is 1.12 bits per heavy atom. The van der Waals surface area contributed by atoms with Crippen LogP contribution < -0.4 is 9.80 Å². The molecule has 0 bridgehead atoms. The van der Waals surface area contributed by atoms with Crippen LogP contribution in [0.1, 0.15) is 54.3 Å². The van der Waals surface area contributed by atoms with Gasteiger partial charge in [0, 0.05) is 46.3 Å². The summed E-state index contributed by atoms with van der Waals surface area (Å²) in [4.78, 5) is 109. The molecule has 14 nitrogen and oxygen atoms in total. The molecule has 0 radical (unpaired) electrons. The second kappa shape index (κ2) is 17.4. The predicted molar refractivity (Wildman–Crippen MR) is 215 cm³/mol. The van der Waals surface area contributed by atoms with Gasteiger partial charge in [-0.2, -0.15) is 0 Å². The summed E-state index contributed by atoms with van der Waals surface area (Å²) < 4.78 is 12.0. The fourth-order valence-electron chi connectivity index (χ4n) is 7.07. The molecule has 4 aromatic rings. The molecule has 3 heterocycles. The number of nitrogens with zero attached hydrogens (tertiary/aromatic N) is 4. The van der Waals surface area contributed by atoms with Gasteiger partial charge in [-0.15, -0.1) is 0 Å². The normalized spacial score (nSPS) is 18.8. The number of hydrogen-bond acceptors (Lipinski definition) is 12.